The van der Waals surface area contributed by atoms with Crippen molar-refractivity contribution in [2.75, 3.05) is 18.8 Å². The predicted molar refractivity (Wildman–Crippen MR) is 118 cm³/mol. The third-order valence-corrected chi connectivity index (χ3v) is 6.60. The van der Waals surface area contributed by atoms with Crippen LogP contribution in [0.25, 0.3) is 0 Å². The number of thioether (sulfide) groups is 1. The van der Waals surface area contributed by atoms with Gasteiger partial charge in [0, 0.05) is 18.7 Å². The number of hydrogen-bond donors (Lipinski definition) is 0. The summed E-state index contributed by atoms with van der Waals surface area (Å²) in [6.45, 7) is 10.0. The first-order valence-electron chi connectivity index (χ1n) is 10.4. The van der Waals surface area contributed by atoms with E-state index in [0.717, 1.165) is 24.3 Å². The Morgan fingerprint density at radius 3 is 2.59 bits per heavy atom. The van der Waals surface area contributed by atoms with Crippen molar-refractivity contribution in [3.63, 3.8) is 0 Å². The molecule has 6 nitrogen and oxygen atoms in total. The van der Waals surface area contributed by atoms with Gasteiger partial charge in [0.25, 0.3) is 5.91 Å². The Kier molecular flexibility index (Phi) is 5.51. The van der Waals surface area contributed by atoms with Gasteiger partial charge in [0.1, 0.15) is 11.9 Å². The van der Waals surface area contributed by atoms with Gasteiger partial charge in [0.2, 0.25) is 5.91 Å². The van der Waals surface area contributed by atoms with Crippen LogP contribution in [0, 0.1) is 17.8 Å². The molecule has 3 heterocycles. The Labute approximate surface area is 176 Å². The highest BCUT2D eigenvalue weighted by atomic mass is 32.2. The molecule has 0 radical (unpaired) electrons. The van der Waals surface area contributed by atoms with E-state index in [4.69, 9.17) is 9.98 Å². The van der Waals surface area contributed by atoms with Crippen LogP contribution in [0.4, 0.5) is 5.69 Å². The lowest BCUT2D eigenvalue weighted by Crippen LogP contribution is -2.45. The van der Waals surface area contributed by atoms with E-state index < -0.39 is 6.04 Å². The quantitative estimate of drug-likeness (QED) is 0.763. The highest BCUT2D eigenvalue weighted by Gasteiger charge is 2.42. The van der Waals surface area contributed by atoms with Crippen molar-refractivity contribution in [3.8, 4) is 0 Å². The number of likely N-dealkylation sites (tertiary alicyclic amines) is 1. The van der Waals surface area contributed by atoms with Gasteiger partial charge >= 0.3 is 0 Å². The summed E-state index contributed by atoms with van der Waals surface area (Å²) in [7, 11) is 0. The van der Waals surface area contributed by atoms with Gasteiger partial charge in [-0.25, -0.2) is 9.89 Å². The molecule has 1 saturated heterocycles. The van der Waals surface area contributed by atoms with Crippen molar-refractivity contribution in [3.05, 3.63) is 29.8 Å². The first-order valence-corrected chi connectivity index (χ1v) is 11.3. The molecule has 29 heavy (non-hydrogen) atoms. The molecule has 1 aromatic carbocycles. The van der Waals surface area contributed by atoms with Crippen LogP contribution in [0.2, 0.25) is 0 Å². The molecular formula is C22H28N4O2S. The number of fused-ring (bicyclic) bond motifs is 3. The Hall–Kier alpha value is -2.15. The van der Waals surface area contributed by atoms with Gasteiger partial charge < -0.3 is 4.90 Å². The number of nitrogens with zero attached hydrogens (tertiary/aromatic N) is 4. The molecule has 3 aliphatic rings. The minimum Gasteiger partial charge on any atom is -0.341 e. The number of hydrogen-bond acceptors (Lipinski definition) is 5. The number of amidine groups is 2. The number of carbonyl (C=O) groups excluding carboxylic acids is 2. The van der Waals surface area contributed by atoms with Crippen LogP contribution >= 0.6 is 11.8 Å². The molecule has 3 atom stereocenters. The fourth-order valence-corrected chi connectivity index (χ4v) is 5.29. The summed E-state index contributed by atoms with van der Waals surface area (Å²) in [6.07, 6.45) is 1.17. The standard InChI is InChI=1S/C22H28N4O2S/c1-13(2)19-21(28)26-20(24-19)16-7-5-6-8-17(16)23-22(26)29-12-18(27)25-10-14(3)9-15(4)11-25/h5-8,13-15,19H,9-12H2,1-4H3/t14-,15+,19-/m0/s1. The zero-order chi connectivity index (χ0) is 20.7. The van der Waals surface area contributed by atoms with Gasteiger partial charge in [0.15, 0.2) is 5.17 Å². The lowest BCUT2D eigenvalue weighted by Gasteiger charge is -2.35. The van der Waals surface area contributed by atoms with E-state index in [0.29, 0.717) is 22.8 Å². The summed E-state index contributed by atoms with van der Waals surface area (Å²) in [5, 5.41) is 0.557. The summed E-state index contributed by atoms with van der Waals surface area (Å²) in [6, 6.07) is 7.34. The van der Waals surface area contributed by atoms with E-state index in [-0.39, 0.29) is 23.5 Å². The van der Waals surface area contributed by atoms with E-state index in [1.165, 1.54) is 18.2 Å². The fraction of sp³-hybridized carbons (Fsp3) is 0.545. The molecule has 0 bridgehead atoms. The van der Waals surface area contributed by atoms with Gasteiger partial charge in [-0.1, -0.05) is 51.6 Å². The molecule has 3 aliphatic heterocycles. The zero-order valence-corrected chi connectivity index (χ0v) is 18.3. The van der Waals surface area contributed by atoms with Crippen LogP contribution < -0.4 is 0 Å². The van der Waals surface area contributed by atoms with E-state index in [9.17, 15) is 9.59 Å². The SMILES string of the molecule is CC(C)[C@@H]1N=C2c3ccccc3N=C(SCC(=O)N3C[C@H](C)C[C@H](C)C3)N2C1=O. The Bertz CT molecular complexity index is 885. The maximum Gasteiger partial charge on any atom is 0.259 e. The lowest BCUT2D eigenvalue weighted by molar-refractivity contribution is -0.131. The number of piperidine rings is 1. The minimum atomic E-state index is -0.401. The third kappa shape index (κ3) is 3.84. The van der Waals surface area contributed by atoms with Gasteiger partial charge in [-0.15, -0.1) is 0 Å². The van der Waals surface area contributed by atoms with Crippen molar-refractivity contribution in [1.29, 1.82) is 0 Å². The van der Waals surface area contributed by atoms with Crippen molar-refractivity contribution in [1.82, 2.24) is 9.80 Å². The maximum absolute atomic E-state index is 13.1. The normalized spacial score (nSPS) is 26.2. The number of benzene rings is 1. The van der Waals surface area contributed by atoms with Crippen molar-refractivity contribution in [2.24, 2.45) is 27.7 Å². The molecule has 1 aromatic rings. The maximum atomic E-state index is 13.1. The summed E-state index contributed by atoms with van der Waals surface area (Å²) >= 11 is 1.34. The van der Waals surface area contributed by atoms with Crippen LogP contribution in [0.1, 0.15) is 39.7 Å². The molecule has 0 saturated carbocycles. The summed E-state index contributed by atoms with van der Waals surface area (Å²) in [5.41, 5.74) is 1.67. The third-order valence-electron chi connectivity index (χ3n) is 5.68. The van der Waals surface area contributed by atoms with Crippen molar-refractivity contribution < 1.29 is 9.59 Å². The average molecular weight is 413 g/mol. The molecular weight excluding hydrogens is 384 g/mol. The van der Waals surface area contributed by atoms with Crippen LogP contribution in [0.3, 0.4) is 0 Å². The van der Waals surface area contributed by atoms with Crippen LogP contribution in [0.5, 0.6) is 0 Å². The average Bonchev–Trinajstić information content (AvgIpc) is 3.03. The van der Waals surface area contributed by atoms with Crippen LogP contribution in [0.15, 0.2) is 34.3 Å². The van der Waals surface area contributed by atoms with E-state index >= 15 is 0 Å². The Morgan fingerprint density at radius 2 is 1.90 bits per heavy atom. The highest BCUT2D eigenvalue weighted by molar-refractivity contribution is 8.14. The Balaban J connectivity index is 1.56. The van der Waals surface area contributed by atoms with Crippen molar-refractivity contribution >= 4 is 40.3 Å². The molecule has 4 rings (SSSR count). The predicted octanol–water partition coefficient (Wildman–Crippen LogP) is 3.54. The molecule has 2 amide bonds. The van der Waals surface area contributed by atoms with Crippen LogP contribution in [-0.4, -0.2) is 57.5 Å². The lowest BCUT2D eigenvalue weighted by atomic mass is 9.92. The summed E-state index contributed by atoms with van der Waals surface area (Å²) < 4.78 is 0. The number of para-hydroxylation sites is 1. The molecule has 0 N–H and O–H groups in total. The van der Waals surface area contributed by atoms with Gasteiger partial charge in [-0.05, 0) is 36.3 Å². The second kappa shape index (κ2) is 7.94. The van der Waals surface area contributed by atoms with Gasteiger partial charge in [0.05, 0.1) is 11.4 Å². The highest BCUT2D eigenvalue weighted by Crippen LogP contribution is 2.35. The topological polar surface area (TPSA) is 65.3 Å². The smallest absolute Gasteiger partial charge is 0.259 e. The summed E-state index contributed by atoms with van der Waals surface area (Å²) in [5.74, 6) is 2.16. The monoisotopic (exact) mass is 412 g/mol. The minimum absolute atomic E-state index is 0.0524. The molecule has 0 spiro atoms. The second-order valence-electron chi connectivity index (χ2n) is 8.76. The molecule has 0 aromatic heterocycles. The zero-order valence-electron chi connectivity index (χ0n) is 17.5. The first-order chi connectivity index (χ1) is 13.8. The van der Waals surface area contributed by atoms with Crippen molar-refractivity contribution in [2.45, 2.75) is 40.2 Å². The van der Waals surface area contributed by atoms with Crippen LogP contribution in [-0.2, 0) is 9.59 Å². The first kappa shape index (κ1) is 20.1. The largest absolute Gasteiger partial charge is 0.341 e. The second-order valence-corrected chi connectivity index (χ2v) is 9.70. The number of carbonyl (C=O) groups is 2. The molecule has 154 valence electrons. The molecule has 0 unspecified atom stereocenters. The fourth-order valence-electron chi connectivity index (χ4n) is 4.38. The molecule has 0 aliphatic carbocycles. The molecule has 1 fully saturated rings. The van der Waals surface area contributed by atoms with E-state index in [1.807, 2.05) is 43.0 Å². The number of amides is 2. The molecule has 7 heteroatoms. The Morgan fingerprint density at radius 1 is 1.21 bits per heavy atom. The van der Waals surface area contributed by atoms with Gasteiger partial charge in [-0.2, -0.15) is 0 Å². The number of aliphatic imine (C=N–C) groups is 2. The van der Waals surface area contributed by atoms with Gasteiger partial charge in [-0.3, -0.25) is 14.6 Å². The number of rotatable bonds is 3. The summed E-state index contributed by atoms with van der Waals surface area (Å²) in [4.78, 5) is 38.9. The van der Waals surface area contributed by atoms with E-state index in [1.54, 1.807) is 4.90 Å². The van der Waals surface area contributed by atoms with E-state index in [2.05, 4.69) is 13.8 Å².